The summed E-state index contributed by atoms with van der Waals surface area (Å²) >= 11 is 0. The molecule has 3 N–H and O–H groups in total. The number of ether oxygens (including phenoxy) is 1. The fourth-order valence-corrected chi connectivity index (χ4v) is 4.70. The van der Waals surface area contributed by atoms with Crippen LogP contribution < -0.4 is 21.5 Å². The zero-order chi connectivity index (χ0) is 24.5. The molecule has 1 aliphatic rings. The minimum absolute atomic E-state index is 0.0925. The quantitative estimate of drug-likeness (QED) is 0.441. The minimum atomic E-state index is -0.522. The molecular formula is C25H25FN6O3. The van der Waals surface area contributed by atoms with Gasteiger partial charge in [0.2, 0.25) is 0 Å². The van der Waals surface area contributed by atoms with Crippen molar-refractivity contribution in [3.63, 3.8) is 0 Å². The smallest absolute Gasteiger partial charge is 0.335 e. The number of nitrogens with zero attached hydrogens (tertiary/aromatic N) is 4. The molecule has 9 nitrogen and oxygen atoms in total. The van der Waals surface area contributed by atoms with Crippen LogP contribution in [0.15, 0.2) is 53.6 Å². The zero-order valence-corrected chi connectivity index (χ0v) is 19.2. The largest absolute Gasteiger partial charge is 0.496 e. The highest BCUT2D eigenvalue weighted by atomic mass is 19.1. The average molecular weight is 477 g/mol. The molecule has 0 atom stereocenters. The van der Waals surface area contributed by atoms with Crippen LogP contribution in [0.1, 0.15) is 47.6 Å². The van der Waals surface area contributed by atoms with Crippen LogP contribution in [-0.2, 0) is 6.54 Å². The summed E-state index contributed by atoms with van der Waals surface area (Å²) in [6, 6.07) is 11.1. The Kier molecular flexibility index (Phi) is 5.94. The number of hydrogen-bond donors (Lipinski definition) is 2. The lowest BCUT2D eigenvalue weighted by Gasteiger charge is -2.11. The zero-order valence-electron chi connectivity index (χ0n) is 19.2. The third kappa shape index (κ3) is 4.11. The van der Waals surface area contributed by atoms with Crippen LogP contribution in [0.3, 0.4) is 0 Å². The van der Waals surface area contributed by atoms with Crippen molar-refractivity contribution in [1.82, 2.24) is 24.4 Å². The minimum Gasteiger partial charge on any atom is -0.496 e. The number of aromatic nitrogens is 4. The summed E-state index contributed by atoms with van der Waals surface area (Å²) in [7, 11) is 1.42. The molecule has 4 aromatic rings. The molecule has 35 heavy (non-hydrogen) atoms. The predicted molar refractivity (Wildman–Crippen MR) is 129 cm³/mol. The van der Waals surface area contributed by atoms with Gasteiger partial charge in [0.15, 0.2) is 11.5 Å². The van der Waals surface area contributed by atoms with E-state index in [-0.39, 0.29) is 35.4 Å². The van der Waals surface area contributed by atoms with Gasteiger partial charge in [-0.25, -0.2) is 19.2 Å². The number of hydrogen-bond acceptors (Lipinski definition) is 6. The molecule has 2 aromatic carbocycles. The normalized spacial score (nSPS) is 13.9. The topological polar surface area (TPSA) is 117 Å². The molecule has 0 spiro atoms. The Morgan fingerprint density at radius 1 is 1.17 bits per heavy atom. The summed E-state index contributed by atoms with van der Waals surface area (Å²) in [5.41, 5.74) is 8.54. The second-order valence-corrected chi connectivity index (χ2v) is 8.55. The highest BCUT2D eigenvalue weighted by molar-refractivity contribution is 5.96. The number of rotatable bonds is 6. The van der Waals surface area contributed by atoms with Crippen LogP contribution >= 0.6 is 0 Å². The number of nitrogen functional groups attached to an aromatic ring is 1. The maximum atomic E-state index is 13.6. The Bertz CT molecular complexity index is 1450. The van der Waals surface area contributed by atoms with Crippen molar-refractivity contribution in [2.45, 2.75) is 38.3 Å². The van der Waals surface area contributed by atoms with E-state index in [1.165, 1.54) is 25.6 Å². The van der Waals surface area contributed by atoms with Gasteiger partial charge in [-0.2, -0.15) is 0 Å². The Hall–Kier alpha value is -4.21. The van der Waals surface area contributed by atoms with Crippen LogP contribution in [0.4, 0.5) is 10.2 Å². The van der Waals surface area contributed by atoms with Crippen LogP contribution in [0.25, 0.3) is 16.9 Å². The Balaban J connectivity index is 1.42. The van der Waals surface area contributed by atoms with E-state index in [9.17, 15) is 14.0 Å². The molecule has 1 saturated carbocycles. The fraction of sp³-hybridized carbons (Fsp3) is 0.280. The lowest BCUT2D eigenvalue weighted by atomic mass is 10.1. The molecule has 0 aliphatic heterocycles. The van der Waals surface area contributed by atoms with Crippen molar-refractivity contribution in [3.05, 3.63) is 76.2 Å². The van der Waals surface area contributed by atoms with Gasteiger partial charge in [-0.05, 0) is 48.7 Å². The van der Waals surface area contributed by atoms with E-state index in [2.05, 4.69) is 15.3 Å². The number of nitrogens with one attached hydrogen (secondary N) is 1. The molecule has 180 valence electrons. The number of imidazole rings is 1. The van der Waals surface area contributed by atoms with Gasteiger partial charge < -0.3 is 15.8 Å². The number of fused-ring (bicyclic) bond motifs is 1. The van der Waals surface area contributed by atoms with E-state index in [1.807, 2.05) is 12.1 Å². The summed E-state index contributed by atoms with van der Waals surface area (Å²) in [6.45, 7) is 0.211. The molecular weight excluding hydrogens is 451 g/mol. The summed E-state index contributed by atoms with van der Waals surface area (Å²) in [5.74, 6) is -0.446. The maximum Gasteiger partial charge on any atom is 0.335 e. The summed E-state index contributed by atoms with van der Waals surface area (Å²) in [5, 5.41) is 2.77. The number of carbonyl (C=O) groups is 1. The van der Waals surface area contributed by atoms with Crippen molar-refractivity contribution in [2.75, 3.05) is 12.8 Å². The maximum absolute atomic E-state index is 13.6. The summed E-state index contributed by atoms with van der Waals surface area (Å²) in [4.78, 5) is 34.5. The number of benzene rings is 2. The standard InChI is InChI=1S/C25H25FN6O3/c1-35-20-11-8-16(26)12-19(20)24(33)28-13-15-6-9-18(10-7-15)31-21-22(27)29-14-30-23(21)32(25(31)34)17-4-2-3-5-17/h6-12,14,17H,2-5,13H2,1H3,(H,28,33)(H2,27,29,30). The number of nitrogens with two attached hydrogens (primary N) is 1. The monoisotopic (exact) mass is 476 g/mol. The van der Waals surface area contributed by atoms with Crippen molar-refractivity contribution in [3.8, 4) is 11.4 Å². The fourth-order valence-electron chi connectivity index (χ4n) is 4.70. The number of methoxy groups -OCH3 is 1. The number of halogens is 1. The van der Waals surface area contributed by atoms with Crippen LogP contribution in [0, 0.1) is 5.82 Å². The van der Waals surface area contributed by atoms with Gasteiger partial charge in [0.1, 0.15) is 23.4 Å². The molecule has 1 aliphatic carbocycles. The molecule has 2 aromatic heterocycles. The van der Waals surface area contributed by atoms with Gasteiger partial charge >= 0.3 is 5.69 Å². The molecule has 0 bridgehead atoms. The molecule has 5 rings (SSSR count). The van der Waals surface area contributed by atoms with Gasteiger partial charge in [0.25, 0.3) is 5.91 Å². The van der Waals surface area contributed by atoms with Crippen molar-refractivity contribution in [1.29, 1.82) is 0 Å². The van der Waals surface area contributed by atoms with Crippen molar-refractivity contribution in [2.24, 2.45) is 0 Å². The van der Waals surface area contributed by atoms with Crippen LogP contribution in [0.5, 0.6) is 5.75 Å². The van der Waals surface area contributed by atoms with Crippen LogP contribution in [-0.4, -0.2) is 32.1 Å². The third-order valence-corrected chi connectivity index (χ3v) is 6.42. The van der Waals surface area contributed by atoms with Gasteiger partial charge in [-0.15, -0.1) is 0 Å². The van der Waals surface area contributed by atoms with Crippen molar-refractivity contribution < 1.29 is 13.9 Å². The van der Waals surface area contributed by atoms with E-state index in [0.717, 1.165) is 37.3 Å². The van der Waals surface area contributed by atoms with E-state index >= 15 is 0 Å². The van der Waals surface area contributed by atoms with Gasteiger partial charge in [0.05, 0.1) is 18.4 Å². The highest BCUT2D eigenvalue weighted by Gasteiger charge is 2.26. The second kappa shape index (κ2) is 9.21. The lowest BCUT2D eigenvalue weighted by molar-refractivity contribution is 0.0947. The van der Waals surface area contributed by atoms with E-state index in [1.54, 1.807) is 21.3 Å². The van der Waals surface area contributed by atoms with Crippen LogP contribution in [0.2, 0.25) is 0 Å². The Morgan fingerprint density at radius 2 is 1.91 bits per heavy atom. The van der Waals surface area contributed by atoms with Crippen molar-refractivity contribution >= 4 is 22.9 Å². The SMILES string of the molecule is COc1ccc(F)cc1C(=O)NCc1ccc(-n2c(=O)n(C3CCCC3)c3ncnc(N)c32)cc1. The molecule has 0 unspecified atom stereocenters. The van der Waals surface area contributed by atoms with E-state index < -0.39 is 11.7 Å². The highest BCUT2D eigenvalue weighted by Crippen LogP contribution is 2.32. The first-order valence-electron chi connectivity index (χ1n) is 11.4. The summed E-state index contributed by atoms with van der Waals surface area (Å²) in [6.07, 6.45) is 5.39. The first kappa shape index (κ1) is 22.6. The number of anilines is 1. The molecule has 10 heteroatoms. The summed E-state index contributed by atoms with van der Waals surface area (Å²) < 4.78 is 22.0. The Morgan fingerprint density at radius 3 is 2.63 bits per heavy atom. The number of amides is 1. The molecule has 1 amide bonds. The molecule has 0 radical (unpaired) electrons. The van der Waals surface area contributed by atoms with E-state index in [4.69, 9.17) is 10.5 Å². The first-order chi connectivity index (χ1) is 17.0. The van der Waals surface area contributed by atoms with Gasteiger partial charge in [-0.1, -0.05) is 25.0 Å². The van der Waals surface area contributed by atoms with Gasteiger partial charge in [0, 0.05) is 12.6 Å². The molecule has 0 saturated heterocycles. The van der Waals surface area contributed by atoms with E-state index in [0.29, 0.717) is 16.9 Å². The lowest BCUT2D eigenvalue weighted by Crippen LogP contribution is -2.26. The van der Waals surface area contributed by atoms with Gasteiger partial charge in [-0.3, -0.25) is 13.9 Å². The third-order valence-electron chi connectivity index (χ3n) is 6.42. The Labute approximate surface area is 200 Å². The first-order valence-corrected chi connectivity index (χ1v) is 11.4. The molecule has 2 heterocycles. The average Bonchev–Trinajstić information content (AvgIpc) is 3.49. The number of carbonyl (C=O) groups excluding carboxylic acids is 1. The molecule has 1 fully saturated rings. The second-order valence-electron chi connectivity index (χ2n) is 8.55. The predicted octanol–water partition coefficient (Wildman–Crippen LogP) is 3.36.